The summed E-state index contributed by atoms with van der Waals surface area (Å²) in [5.41, 5.74) is 2.88. The number of nitrogens with zero attached hydrogens (tertiary/aromatic N) is 1. The van der Waals surface area contributed by atoms with Crippen LogP contribution < -0.4 is 4.18 Å². The second kappa shape index (κ2) is 9.14. The van der Waals surface area contributed by atoms with Crippen molar-refractivity contribution in [2.45, 2.75) is 30.9 Å². The van der Waals surface area contributed by atoms with E-state index >= 15 is 0 Å². The van der Waals surface area contributed by atoms with Gasteiger partial charge in [0.2, 0.25) is 5.91 Å². The normalized spacial score (nSPS) is 17.8. The van der Waals surface area contributed by atoms with Crippen LogP contribution in [0, 0.1) is 6.92 Å². The predicted octanol–water partition coefficient (Wildman–Crippen LogP) is 4.42. The van der Waals surface area contributed by atoms with Crippen molar-refractivity contribution >= 4 is 16.0 Å². The smallest absolute Gasteiger partial charge is 0.339 e. The summed E-state index contributed by atoms with van der Waals surface area (Å²) in [6.07, 6.45) is -0.304. The summed E-state index contributed by atoms with van der Waals surface area (Å²) in [7, 11) is -3.91. The number of morpholine rings is 1. The van der Waals surface area contributed by atoms with Gasteiger partial charge in [0.05, 0.1) is 12.6 Å². The quantitative estimate of drug-likeness (QED) is 0.519. The average molecular weight is 452 g/mol. The van der Waals surface area contributed by atoms with Gasteiger partial charge in [-0.25, -0.2) is 0 Å². The highest BCUT2D eigenvalue weighted by Gasteiger charge is 2.31. The van der Waals surface area contributed by atoms with E-state index in [4.69, 9.17) is 8.92 Å². The molecule has 0 radical (unpaired) electrons. The molecule has 1 amide bonds. The van der Waals surface area contributed by atoms with Crippen molar-refractivity contribution in [1.29, 1.82) is 0 Å². The molecule has 1 aliphatic rings. The van der Waals surface area contributed by atoms with Crippen molar-refractivity contribution < 1.29 is 22.1 Å². The molecule has 0 bridgehead atoms. The van der Waals surface area contributed by atoms with Crippen molar-refractivity contribution in [1.82, 2.24) is 4.90 Å². The maximum atomic E-state index is 12.5. The average Bonchev–Trinajstić information content (AvgIpc) is 2.80. The number of aryl methyl sites for hydroxylation is 1. The van der Waals surface area contributed by atoms with Gasteiger partial charge in [-0.15, -0.1) is 0 Å². The minimum Gasteiger partial charge on any atom is -0.379 e. The summed E-state index contributed by atoms with van der Waals surface area (Å²) in [5.74, 6) is 0.164. The molecule has 32 heavy (non-hydrogen) atoms. The highest BCUT2D eigenvalue weighted by molar-refractivity contribution is 7.87. The number of rotatable bonds is 6. The first-order chi connectivity index (χ1) is 15.3. The highest BCUT2D eigenvalue weighted by atomic mass is 32.2. The van der Waals surface area contributed by atoms with E-state index in [0.29, 0.717) is 6.54 Å². The number of ether oxygens (including phenoxy) is 1. The Labute approximate surface area is 188 Å². The summed E-state index contributed by atoms with van der Waals surface area (Å²) in [4.78, 5) is 14.4. The molecular formula is C25H25NO5S. The molecule has 1 aliphatic heterocycles. The molecule has 0 saturated carbocycles. The predicted molar refractivity (Wildman–Crippen MR) is 121 cm³/mol. The van der Waals surface area contributed by atoms with Gasteiger partial charge in [-0.2, -0.15) is 8.42 Å². The summed E-state index contributed by atoms with van der Waals surface area (Å²) < 4.78 is 36.0. The number of carbonyl (C=O) groups is 1. The van der Waals surface area contributed by atoms with E-state index in [-0.39, 0.29) is 35.3 Å². The van der Waals surface area contributed by atoms with E-state index in [2.05, 4.69) is 0 Å². The highest BCUT2D eigenvalue weighted by Crippen LogP contribution is 2.30. The molecule has 1 fully saturated rings. The lowest BCUT2D eigenvalue weighted by molar-refractivity contribution is -0.152. The lowest BCUT2D eigenvalue weighted by Crippen LogP contribution is -2.44. The van der Waals surface area contributed by atoms with E-state index < -0.39 is 10.1 Å². The Morgan fingerprint density at radius 1 is 0.969 bits per heavy atom. The Morgan fingerprint density at radius 2 is 1.62 bits per heavy atom. The molecule has 0 unspecified atom stereocenters. The summed E-state index contributed by atoms with van der Waals surface area (Å²) in [6, 6.07) is 23.0. The zero-order valence-electron chi connectivity index (χ0n) is 18.0. The van der Waals surface area contributed by atoms with Gasteiger partial charge in [0.15, 0.2) is 0 Å². The van der Waals surface area contributed by atoms with Gasteiger partial charge < -0.3 is 13.8 Å². The minimum absolute atomic E-state index is 0.00188. The standard InChI is InChI=1S/C25H25NO5S/c1-18-8-14-23(15-9-18)32(28,29)31-22-12-10-21(11-13-22)24-16-26(25(27)17-30-24)19(2)20-6-4-3-5-7-20/h3-15,19,24H,16-17H2,1-2H3/t19-,24+/m0/s1. The Kier molecular flexibility index (Phi) is 6.30. The number of benzene rings is 3. The third-order valence-corrected chi connectivity index (χ3v) is 6.87. The SMILES string of the molecule is Cc1ccc(S(=O)(=O)Oc2ccc([C@H]3CN([C@@H](C)c4ccccc4)C(=O)CO3)cc2)cc1. The lowest BCUT2D eigenvalue weighted by Gasteiger charge is -2.37. The van der Waals surface area contributed by atoms with Crippen molar-refractivity contribution in [3.63, 3.8) is 0 Å². The van der Waals surface area contributed by atoms with Crippen LogP contribution in [0.1, 0.15) is 35.8 Å². The van der Waals surface area contributed by atoms with Crippen LogP contribution in [0.5, 0.6) is 5.75 Å². The Balaban J connectivity index is 1.46. The first-order valence-electron chi connectivity index (χ1n) is 10.4. The second-order valence-corrected chi connectivity index (χ2v) is 9.40. The molecule has 166 valence electrons. The van der Waals surface area contributed by atoms with Gasteiger partial charge in [0.25, 0.3) is 0 Å². The van der Waals surface area contributed by atoms with Gasteiger partial charge in [0.1, 0.15) is 23.4 Å². The van der Waals surface area contributed by atoms with Crippen molar-refractivity contribution in [2.24, 2.45) is 0 Å². The molecule has 1 heterocycles. The fourth-order valence-corrected chi connectivity index (χ4v) is 4.62. The van der Waals surface area contributed by atoms with Crippen LogP contribution in [0.15, 0.2) is 83.8 Å². The lowest BCUT2D eigenvalue weighted by atomic mass is 10.0. The largest absolute Gasteiger partial charge is 0.379 e. The molecule has 1 saturated heterocycles. The maximum absolute atomic E-state index is 12.5. The van der Waals surface area contributed by atoms with Crippen LogP contribution in [0.2, 0.25) is 0 Å². The molecule has 0 N–H and O–H groups in total. The van der Waals surface area contributed by atoms with E-state index in [1.807, 2.05) is 49.1 Å². The molecule has 3 aromatic rings. The van der Waals surface area contributed by atoms with Gasteiger partial charge in [-0.1, -0.05) is 60.2 Å². The van der Waals surface area contributed by atoms with Crippen LogP contribution in [-0.2, 0) is 19.6 Å². The van der Waals surface area contributed by atoms with Gasteiger partial charge in [-0.05, 0) is 49.2 Å². The van der Waals surface area contributed by atoms with Crippen LogP contribution in [0.25, 0.3) is 0 Å². The van der Waals surface area contributed by atoms with Crippen molar-refractivity contribution in [3.8, 4) is 5.75 Å². The second-order valence-electron chi connectivity index (χ2n) is 7.85. The van der Waals surface area contributed by atoms with Crippen LogP contribution >= 0.6 is 0 Å². The van der Waals surface area contributed by atoms with Crippen molar-refractivity contribution in [2.75, 3.05) is 13.2 Å². The Morgan fingerprint density at radius 3 is 2.28 bits per heavy atom. The number of carbonyl (C=O) groups excluding carboxylic acids is 1. The Hall–Kier alpha value is -3.16. The van der Waals surface area contributed by atoms with Crippen LogP contribution in [0.3, 0.4) is 0 Å². The molecular weight excluding hydrogens is 426 g/mol. The molecule has 7 heteroatoms. The maximum Gasteiger partial charge on any atom is 0.339 e. The van der Waals surface area contributed by atoms with E-state index in [1.54, 1.807) is 36.4 Å². The topological polar surface area (TPSA) is 72.9 Å². The molecule has 4 rings (SSSR count). The minimum atomic E-state index is -3.91. The molecule has 0 aromatic heterocycles. The first-order valence-corrected chi connectivity index (χ1v) is 11.8. The van der Waals surface area contributed by atoms with Crippen LogP contribution in [0.4, 0.5) is 0 Å². The molecule has 0 spiro atoms. The fourth-order valence-electron chi connectivity index (χ4n) is 3.69. The first kappa shape index (κ1) is 22.0. The number of hydrogen-bond donors (Lipinski definition) is 0. The van der Waals surface area contributed by atoms with Gasteiger partial charge in [-0.3, -0.25) is 4.79 Å². The fraction of sp³-hybridized carbons (Fsp3) is 0.240. The monoisotopic (exact) mass is 451 g/mol. The molecule has 2 atom stereocenters. The summed E-state index contributed by atoms with van der Waals surface area (Å²) in [6.45, 7) is 4.31. The number of hydrogen-bond acceptors (Lipinski definition) is 5. The van der Waals surface area contributed by atoms with Crippen molar-refractivity contribution in [3.05, 3.63) is 95.6 Å². The van der Waals surface area contributed by atoms with Gasteiger partial charge in [0, 0.05) is 0 Å². The summed E-state index contributed by atoms with van der Waals surface area (Å²) in [5, 5.41) is 0. The molecule has 6 nitrogen and oxygen atoms in total. The van der Waals surface area contributed by atoms with Crippen LogP contribution in [-0.4, -0.2) is 32.4 Å². The zero-order chi connectivity index (χ0) is 22.7. The Bertz CT molecular complexity index is 1180. The number of amides is 1. The molecule has 0 aliphatic carbocycles. The molecule has 3 aromatic carbocycles. The van der Waals surface area contributed by atoms with E-state index in [1.165, 1.54) is 12.1 Å². The van der Waals surface area contributed by atoms with E-state index in [9.17, 15) is 13.2 Å². The third-order valence-electron chi connectivity index (χ3n) is 5.61. The van der Waals surface area contributed by atoms with E-state index in [0.717, 1.165) is 16.7 Å². The van der Waals surface area contributed by atoms with Gasteiger partial charge >= 0.3 is 10.1 Å². The zero-order valence-corrected chi connectivity index (χ0v) is 18.8. The third kappa shape index (κ3) is 4.84. The summed E-state index contributed by atoms with van der Waals surface area (Å²) >= 11 is 0.